The van der Waals surface area contributed by atoms with Crippen LogP contribution in [0, 0.1) is 5.92 Å². The lowest BCUT2D eigenvalue weighted by molar-refractivity contribution is -0.136. The molecule has 3 rings (SSSR count). The predicted molar refractivity (Wildman–Crippen MR) is 99.8 cm³/mol. The van der Waals surface area contributed by atoms with Crippen LogP contribution < -0.4 is 4.74 Å². The van der Waals surface area contributed by atoms with E-state index in [9.17, 15) is 9.59 Å². The van der Waals surface area contributed by atoms with Gasteiger partial charge < -0.3 is 14.5 Å². The first kappa shape index (κ1) is 18.7. The SMILES string of the molecule is CC(C)Oc1ccc(CN2CC[C@@H]3[C@H](C2)C(=O)N(C)CC(=O)N3C)cc1. The van der Waals surface area contributed by atoms with Gasteiger partial charge in [-0.3, -0.25) is 14.5 Å². The first-order valence-electron chi connectivity index (χ1n) is 9.33. The molecule has 142 valence electrons. The average molecular weight is 359 g/mol. The summed E-state index contributed by atoms with van der Waals surface area (Å²) in [5.41, 5.74) is 1.21. The highest BCUT2D eigenvalue weighted by molar-refractivity contribution is 5.89. The Morgan fingerprint density at radius 2 is 1.85 bits per heavy atom. The van der Waals surface area contributed by atoms with Crippen molar-refractivity contribution in [2.75, 3.05) is 33.7 Å². The second kappa shape index (κ2) is 7.66. The first-order chi connectivity index (χ1) is 12.3. The van der Waals surface area contributed by atoms with Gasteiger partial charge in [-0.2, -0.15) is 0 Å². The Labute approximate surface area is 155 Å². The smallest absolute Gasteiger partial charge is 0.242 e. The highest BCUT2D eigenvalue weighted by Crippen LogP contribution is 2.27. The summed E-state index contributed by atoms with van der Waals surface area (Å²) in [4.78, 5) is 30.6. The van der Waals surface area contributed by atoms with Crippen LogP contribution in [0.4, 0.5) is 0 Å². The summed E-state index contributed by atoms with van der Waals surface area (Å²) in [5, 5.41) is 0. The molecule has 0 saturated carbocycles. The molecule has 2 amide bonds. The Balaban J connectivity index is 1.67. The molecule has 1 aromatic rings. The van der Waals surface area contributed by atoms with Crippen molar-refractivity contribution in [2.45, 2.75) is 39.0 Å². The number of rotatable bonds is 4. The van der Waals surface area contributed by atoms with Crippen LogP contribution in [-0.4, -0.2) is 72.4 Å². The predicted octanol–water partition coefficient (Wildman–Crippen LogP) is 1.59. The fraction of sp³-hybridized carbons (Fsp3) is 0.600. The summed E-state index contributed by atoms with van der Waals surface area (Å²) in [6.45, 7) is 6.59. The van der Waals surface area contributed by atoms with E-state index in [1.165, 1.54) is 5.56 Å². The van der Waals surface area contributed by atoms with E-state index in [2.05, 4.69) is 17.0 Å². The van der Waals surface area contributed by atoms with E-state index < -0.39 is 0 Å². The monoisotopic (exact) mass is 359 g/mol. The molecule has 0 N–H and O–H groups in total. The maximum Gasteiger partial charge on any atom is 0.242 e. The largest absolute Gasteiger partial charge is 0.491 e. The molecule has 2 aliphatic rings. The zero-order chi connectivity index (χ0) is 18.8. The molecule has 0 bridgehead atoms. The van der Waals surface area contributed by atoms with Gasteiger partial charge in [-0.1, -0.05) is 12.1 Å². The lowest BCUT2D eigenvalue weighted by Gasteiger charge is -2.40. The van der Waals surface area contributed by atoms with Crippen molar-refractivity contribution in [1.82, 2.24) is 14.7 Å². The number of hydrogen-bond acceptors (Lipinski definition) is 4. The molecule has 2 atom stereocenters. The minimum absolute atomic E-state index is 0.0121. The third kappa shape index (κ3) is 4.01. The van der Waals surface area contributed by atoms with Gasteiger partial charge in [0.1, 0.15) is 5.75 Å². The normalized spacial score (nSPS) is 24.7. The Kier molecular flexibility index (Phi) is 5.51. The Morgan fingerprint density at radius 3 is 2.50 bits per heavy atom. The minimum Gasteiger partial charge on any atom is -0.491 e. The molecule has 0 unspecified atom stereocenters. The molecule has 26 heavy (non-hydrogen) atoms. The van der Waals surface area contributed by atoms with Crippen molar-refractivity contribution in [3.8, 4) is 5.75 Å². The highest BCUT2D eigenvalue weighted by atomic mass is 16.5. The van der Waals surface area contributed by atoms with Crippen LogP contribution in [0.25, 0.3) is 0 Å². The van der Waals surface area contributed by atoms with E-state index in [4.69, 9.17) is 4.74 Å². The van der Waals surface area contributed by atoms with Crippen molar-refractivity contribution < 1.29 is 14.3 Å². The molecule has 1 aromatic carbocycles. The molecule has 0 radical (unpaired) electrons. The van der Waals surface area contributed by atoms with Crippen LogP contribution in [0.3, 0.4) is 0 Å². The number of likely N-dealkylation sites (tertiary alicyclic amines) is 1. The van der Waals surface area contributed by atoms with Crippen molar-refractivity contribution in [1.29, 1.82) is 0 Å². The molecule has 6 heteroatoms. The van der Waals surface area contributed by atoms with Gasteiger partial charge in [0.25, 0.3) is 0 Å². The van der Waals surface area contributed by atoms with Gasteiger partial charge in [0, 0.05) is 39.8 Å². The third-order valence-electron chi connectivity index (χ3n) is 5.32. The quantitative estimate of drug-likeness (QED) is 0.819. The number of ether oxygens (including phenoxy) is 1. The lowest BCUT2D eigenvalue weighted by Crippen LogP contribution is -2.52. The molecule has 2 heterocycles. The summed E-state index contributed by atoms with van der Waals surface area (Å²) in [6, 6.07) is 8.18. The number of nitrogens with zero attached hydrogens (tertiary/aromatic N) is 3. The van der Waals surface area contributed by atoms with E-state index in [-0.39, 0.29) is 36.4 Å². The van der Waals surface area contributed by atoms with Gasteiger partial charge in [0.2, 0.25) is 11.8 Å². The van der Waals surface area contributed by atoms with Gasteiger partial charge in [-0.25, -0.2) is 0 Å². The average Bonchev–Trinajstić information content (AvgIpc) is 2.68. The molecular weight excluding hydrogens is 330 g/mol. The second-order valence-electron chi connectivity index (χ2n) is 7.71. The summed E-state index contributed by atoms with van der Waals surface area (Å²) < 4.78 is 5.69. The zero-order valence-electron chi connectivity index (χ0n) is 16.1. The van der Waals surface area contributed by atoms with Crippen molar-refractivity contribution in [3.05, 3.63) is 29.8 Å². The number of carbonyl (C=O) groups excluding carboxylic acids is 2. The summed E-state index contributed by atoms with van der Waals surface area (Å²) >= 11 is 0. The Hall–Kier alpha value is -2.08. The molecule has 0 aliphatic carbocycles. The maximum atomic E-state index is 12.7. The number of piperidine rings is 1. The fourth-order valence-electron chi connectivity index (χ4n) is 3.92. The van der Waals surface area contributed by atoms with Crippen molar-refractivity contribution in [3.63, 3.8) is 0 Å². The van der Waals surface area contributed by atoms with Gasteiger partial charge in [0.15, 0.2) is 0 Å². The number of fused-ring (bicyclic) bond motifs is 1. The van der Waals surface area contributed by atoms with E-state index >= 15 is 0 Å². The van der Waals surface area contributed by atoms with E-state index in [0.29, 0.717) is 6.54 Å². The number of hydrogen-bond donors (Lipinski definition) is 0. The molecule has 2 saturated heterocycles. The zero-order valence-corrected chi connectivity index (χ0v) is 16.1. The van der Waals surface area contributed by atoms with Crippen LogP contribution in [0.1, 0.15) is 25.8 Å². The molecule has 0 aromatic heterocycles. The van der Waals surface area contributed by atoms with Crippen LogP contribution in [0.15, 0.2) is 24.3 Å². The summed E-state index contributed by atoms with van der Waals surface area (Å²) in [5.74, 6) is 0.845. The van der Waals surface area contributed by atoms with Gasteiger partial charge in [-0.15, -0.1) is 0 Å². The topological polar surface area (TPSA) is 53.1 Å². The van der Waals surface area contributed by atoms with E-state index in [0.717, 1.165) is 25.3 Å². The second-order valence-corrected chi connectivity index (χ2v) is 7.71. The Morgan fingerprint density at radius 1 is 1.15 bits per heavy atom. The molecular formula is C20H29N3O3. The first-order valence-corrected chi connectivity index (χ1v) is 9.33. The summed E-state index contributed by atoms with van der Waals surface area (Å²) in [7, 11) is 3.55. The van der Waals surface area contributed by atoms with Gasteiger partial charge in [-0.05, 0) is 38.0 Å². The number of likely N-dealkylation sites (N-methyl/N-ethyl adjacent to an activating group) is 2. The van der Waals surface area contributed by atoms with Crippen LogP contribution in [-0.2, 0) is 16.1 Å². The number of benzene rings is 1. The Bertz CT molecular complexity index is 659. The molecule has 2 fully saturated rings. The molecule has 0 spiro atoms. The van der Waals surface area contributed by atoms with Crippen molar-refractivity contribution in [2.24, 2.45) is 5.92 Å². The standard InChI is InChI=1S/C20H29N3O3/c1-14(2)26-16-7-5-15(6-8-16)11-23-10-9-18-17(12-23)20(25)21(3)13-19(24)22(18)4/h5-8,14,17-18H,9-13H2,1-4H3/t17-,18+/m0/s1. The van der Waals surface area contributed by atoms with E-state index in [1.54, 1.807) is 16.8 Å². The highest BCUT2D eigenvalue weighted by Gasteiger charge is 2.42. The van der Waals surface area contributed by atoms with E-state index in [1.807, 2.05) is 33.0 Å². The molecule has 2 aliphatic heterocycles. The van der Waals surface area contributed by atoms with Crippen LogP contribution in [0.2, 0.25) is 0 Å². The summed E-state index contributed by atoms with van der Waals surface area (Å²) in [6.07, 6.45) is 0.999. The minimum atomic E-state index is -0.145. The van der Waals surface area contributed by atoms with Crippen LogP contribution in [0.5, 0.6) is 5.75 Å². The molecule has 6 nitrogen and oxygen atoms in total. The van der Waals surface area contributed by atoms with Crippen LogP contribution >= 0.6 is 0 Å². The lowest BCUT2D eigenvalue weighted by atomic mass is 9.90. The number of carbonyl (C=O) groups is 2. The van der Waals surface area contributed by atoms with Crippen molar-refractivity contribution >= 4 is 11.8 Å². The fourth-order valence-corrected chi connectivity index (χ4v) is 3.92. The number of amides is 2. The third-order valence-corrected chi connectivity index (χ3v) is 5.32. The van der Waals surface area contributed by atoms with Gasteiger partial charge in [0.05, 0.1) is 18.6 Å². The van der Waals surface area contributed by atoms with Gasteiger partial charge >= 0.3 is 0 Å². The maximum absolute atomic E-state index is 12.7.